The van der Waals surface area contributed by atoms with E-state index < -0.39 is 0 Å². The van der Waals surface area contributed by atoms with Crippen LogP contribution in [-0.2, 0) is 9.53 Å². The minimum Gasteiger partial charge on any atom is -0.466 e. The Morgan fingerprint density at radius 3 is 1.62 bits per heavy atom. The Morgan fingerprint density at radius 2 is 1.12 bits per heavy atom. The van der Waals surface area contributed by atoms with Crippen molar-refractivity contribution >= 4 is 5.97 Å². The van der Waals surface area contributed by atoms with Gasteiger partial charge >= 0.3 is 5.97 Å². The van der Waals surface area contributed by atoms with Crippen molar-refractivity contribution < 1.29 is 9.53 Å². The van der Waals surface area contributed by atoms with Crippen LogP contribution in [0.1, 0.15) is 103 Å². The molecule has 26 heavy (non-hydrogen) atoms. The number of carbonyl (C=O) groups excluding carboxylic acids is 1. The van der Waals surface area contributed by atoms with E-state index in [9.17, 15) is 4.79 Å². The molecule has 0 aliphatic heterocycles. The van der Waals surface area contributed by atoms with E-state index in [4.69, 9.17) is 0 Å². The van der Waals surface area contributed by atoms with Gasteiger partial charge in [0.05, 0.1) is 7.11 Å². The molecule has 0 fully saturated rings. The van der Waals surface area contributed by atoms with Crippen LogP contribution in [0.5, 0.6) is 0 Å². The normalized spacial score (nSPS) is 11.9. The Hall–Kier alpha value is -1.31. The third-order valence-corrected chi connectivity index (χ3v) is 4.63. The first-order valence-corrected chi connectivity index (χ1v) is 10.9. The monoisotopic (exact) mass is 362 g/mol. The van der Waals surface area contributed by atoms with Crippen molar-refractivity contribution in [2.24, 2.45) is 0 Å². The molecule has 0 atom stereocenters. The van der Waals surface area contributed by atoms with Crippen molar-refractivity contribution in [3.63, 3.8) is 0 Å². The van der Waals surface area contributed by atoms with Gasteiger partial charge in [-0.15, -0.1) is 0 Å². The van der Waals surface area contributed by atoms with Crippen molar-refractivity contribution in [3.05, 3.63) is 36.5 Å². The quantitative estimate of drug-likeness (QED) is 0.108. The van der Waals surface area contributed by atoms with Crippen LogP contribution >= 0.6 is 0 Å². The molecule has 0 amide bonds. The molecule has 150 valence electrons. The highest BCUT2D eigenvalue weighted by Gasteiger charge is 1.93. The Labute approximate surface area is 162 Å². The highest BCUT2D eigenvalue weighted by Crippen LogP contribution is 2.13. The van der Waals surface area contributed by atoms with Crippen LogP contribution < -0.4 is 0 Å². The third-order valence-electron chi connectivity index (χ3n) is 4.63. The second-order valence-electron chi connectivity index (χ2n) is 7.08. The number of unbranched alkanes of at least 4 members (excludes halogenated alkanes) is 14. The SMILES string of the molecule is CCCCCCCCCCCCCCCCC=CC=CC=CC(=O)OC. The van der Waals surface area contributed by atoms with Crippen molar-refractivity contribution in [1.82, 2.24) is 0 Å². The molecule has 0 aliphatic carbocycles. The second kappa shape index (κ2) is 21.7. The molecule has 0 rings (SSSR count). The van der Waals surface area contributed by atoms with Gasteiger partial charge in [-0.05, 0) is 12.8 Å². The number of methoxy groups -OCH3 is 1. The fourth-order valence-corrected chi connectivity index (χ4v) is 2.96. The maximum atomic E-state index is 10.8. The minimum atomic E-state index is -0.318. The summed E-state index contributed by atoms with van der Waals surface area (Å²) in [4.78, 5) is 10.8. The number of ether oxygens (including phenoxy) is 1. The molecular weight excluding hydrogens is 320 g/mol. The summed E-state index contributed by atoms with van der Waals surface area (Å²) in [6.45, 7) is 2.28. The summed E-state index contributed by atoms with van der Waals surface area (Å²) >= 11 is 0. The first-order chi connectivity index (χ1) is 12.8. The number of rotatable bonds is 18. The molecule has 0 aromatic carbocycles. The predicted molar refractivity (Wildman–Crippen MR) is 114 cm³/mol. The lowest BCUT2D eigenvalue weighted by atomic mass is 10.0. The highest BCUT2D eigenvalue weighted by atomic mass is 16.5. The molecule has 0 aliphatic rings. The second-order valence-corrected chi connectivity index (χ2v) is 7.08. The fourth-order valence-electron chi connectivity index (χ4n) is 2.96. The van der Waals surface area contributed by atoms with Gasteiger partial charge in [-0.25, -0.2) is 4.79 Å². The number of allylic oxidation sites excluding steroid dienone is 5. The van der Waals surface area contributed by atoms with Gasteiger partial charge in [0.2, 0.25) is 0 Å². The van der Waals surface area contributed by atoms with E-state index in [2.05, 4.69) is 17.7 Å². The van der Waals surface area contributed by atoms with Crippen molar-refractivity contribution in [2.75, 3.05) is 7.11 Å². The summed E-state index contributed by atoms with van der Waals surface area (Å²) < 4.78 is 4.51. The molecule has 0 spiro atoms. The summed E-state index contributed by atoms with van der Waals surface area (Å²) in [5, 5.41) is 0. The number of hydrogen-bond acceptors (Lipinski definition) is 2. The summed E-state index contributed by atoms with van der Waals surface area (Å²) in [6.07, 6.45) is 32.0. The van der Waals surface area contributed by atoms with Crippen LogP contribution in [0.2, 0.25) is 0 Å². The van der Waals surface area contributed by atoms with E-state index in [1.807, 2.05) is 18.2 Å². The van der Waals surface area contributed by atoms with Gasteiger partial charge in [0.1, 0.15) is 0 Å². The van der Waals surface area contributed by atoms with Gasteiger partial charge in [0, 0.05) is 6.08 Å². The highest BCUT2D eigenvalue weighted by molar-refractivity contribution is 5.82. The average molecular weight is 363 g/mol. The number of esters is 1. The van der Waals surface area contributed by atoms with Gasteiger partial charge in [-0.1, -0.05) is 121 Å². The first-order valence-electron chi connectivity index (χ1n) is 10.9. The molecular formula is C24H42O2. The summed E-state index contributed by atoms with van der Waals surface area (Å²) in [5.74, 6) is -0.318. The Kier molecular flexibility index (Phi) is 20.6. The third kappa shape index (κ3) is 20.7. The van der Waals surface area contributed by atoms with E-state index in [-0.39, 0.29) is 5.97 Å². The van der Waals surface area contributed by atoms with Gasteiger partial charge in [-0.2, -0.15) is 0 Å². The molecule has 0 bridgehead atoms. The number of carbonyl (C=O) groups is 1. The molecule has 0 aromatic rings. The average Bonchev–Trinajstić information content (AvgIpc) is 2.66. The van der Waals surface area contributed by atoms with Gasteiger partial charge in [0.25, 0.3) is 0 Å². The Balaban J connectivity index is 3.22. The van der Waals surface area contributed by atoms with Crippen LogP contribution in [-0.4, -0.2) is 13.1 Å². The van der Waals surface area contributed by atoms with E-state index in [0.717, 1.165) is 6.42 Å². The van der Waals surface area contributed by atoms with Crippen LogP contribution in [0.4, 0.5) is 0 Å². The lowest BCUT2D eigenvalue weighted by molar-refractivity contribution is -0.134. The summed E-state index contributed by atoms with van der Waals surface area (Å²) in [7, 11) is 1.38. The molecule has 0 N–H and O–H groups in total. The van der Waals surface area contributed by atoms with Crippen molar-refractivity contribution in [2.45, 2.75) is 103 Å². The zero-order chi connectivity index (χ0) is 19.1. The molecule has 0 saturated carbocycles. The van der Waals surface area contributed by atoms with Gasteiger partial charge in [0.15, 0.2) is 0 Å². The first kappa shape index (κ1) is 24.7. The molecule has 0 radical (unpaired) electrons. The molecule has 0 heterocycles. The Morgan fingerprint density at radius 1 is 0.654 bits per heavy atom. The largest absolute Gasteiger partial charge is 0.466 e. The zero-order valence-corrected chi connectivity index (χ0v) is 17.4. The lowest BCUT2D eigenvalue weighted by Crippen LogP contribution is -1.92. The predicted octanol–water partition coefficient (Wildman–Crippen LogP) is 7.70. The van der Waals surface area contributed by atoms with Crippen LogP contribution in [0.25, 0.3) is 0 Å². The Bertz CT molecular complexity index is 380. The molecule has 0 saturated heterocycles. The smallest absolute Gasteiger partial charge is 0.330 e. The molecule has 0 unspecified atom stereocenters. The van der Waals surface area contributed by atoms with E-state index >= 15 is 0 Å². The maximum Gasteiger partial charge on any atom is 0.330 e. The van der Waals surface area contributed by atoms with E-state index in [1.165, 1.54) is 103 Å². The van der Waals surface area contributed by atoms with Crippen LogP contribution in [0.15, 0.2) is 36.5 Å². The van der Waals surface area contributed by atoms with Gasteiger partial charge in [-0.3, -0.25) is 0 Å². The maximum absolute atomic E-state index is 10.8. The number of hydrogen-bond donors (Lipinski definition) is 0. The standard InChI is InChI=1S/C24H42O2/c1-3-4-5-6-7-8-9-10-11-12-13-14-15-16-17-18-19-20-21-22-23-24(25)26-2/h18-23H,3-17H2,1-2H3. The minimum absolute atomic E-state index is 0.318. The fraction of sp³-hybridized carbons (Fsp3) is 0.708. The molecule has 0 aromatic heterocycles. The van der Waals surface area contributed by atoms with Crippen LogP contribution in [0, 0.1) is 0 Å². The summed E-state index contributed by atoms with van der Waals surface area (Å²) in [6, 6.07) is 0. The van der Waals surface area contributed by atoms with E-state index in [1.54, 1.807) is 6.08 Å². The van der Waals surface area contributed by atoms with Gasteiger partial charge < -0.3 is 4.74 Å². The van der Waals surface area contributed by atoms with Crippen molar-refractivity contribution in [3.8, 4) is 0 Å². The van der Waals surface area contributed by atoms with Crippen molar-refractivity contribution in [1.29, 1.82) is 0 Å². The van der Waals surface area contributed by atoms with Crippen LogP contribution in [0.3, 0.4) is 0 Å². The summed E-state index contributed by atoms with van der Waals surface area (Å²) in [5.41, 5.74) is 0. The lowest BCUT2D eigenvalue weighted by Gasteiger charge is -2.02. The molecule has 2 nitrogen and oxygen atoms in total. The zero-order valence-electron chi connectivity index (χ0n) is 17.4. The van der Waals surface area contributed by atoms with E-state index in [0.29, 0.717) is 0 Å². The topological polar surface area (TPSA) is 26.3 Å². The molecule has 2 heteroatoms.